The highest BCUT2D eigenvalue weighted by molar-refractivity contribution is 4.62. The molecular formula is C10H21F3N2. The molecule has 0 rings (SSSR count). The summed E-state index contributed by atoms with van der Waals surface area (Å²) in [4.78, 5) is 1.95. The van der Waals surface area contributed by atoms with Crippen LogP contribution in [-0.2, 0) is 0 Å². The average Bonchev–Trinajstić information content (AvgIpc) is 2.01. The van der Waals surface area contributed by atoms with Gasteiger partial charge in [-0.15, -0.1) is 0 Å². The zero-order valence-electron chi connectivity index (χ0n) is 9.69. The lowest BCUT2D eigenvalue weighted by atomic mass is 10.1. The van der Waals surface area contributed by atoms with Crippen LogP contribution in [0.2, 0.25) is 0 Å². The molecule has 1 atom stereocenters. The van der Waals surface area contributed by atoms with Crippen LogP contribution < -0.4 is 5.32 Å². The van der Waals surface area contributed by atoms with E-state index >= 15 is 0 Å². The first-order valence-electron chi connectivity index (χ1n) is 5.25. The second-order valence-corrected chi connectivity index (χ2v) is 4.14. The van der Waals surface area contributed by atoms with E-state index in [1.54, 1.807) is 0 Å². The Morgan fingerprint density at radius 3 is 2.40 bits per heavy atom. The fraction of sp³-hybridized carbons (Fsp3) is 1.00. The van der Waals surface area contributed by atoms with Gasteiger partial charge in [-0.3, -0.25) is 0 Å². The Bertz CT molecular complexity index is 159. The van der Waals surface area contributed by atoms with Gasteiger partial charge >= 0.3 is 6.18 Å². The molecule has 0 saturated carbocycles. The van der Waals surface area contributed by atoms with E-state index in [0.29, 0.717) is 12.5 Å². The summed E-state index contributed by atoms with van der Waals surface area (Å²) >= 11 is 0. The van der Waals surface area contributed by atoms with Gasteiger partial charge in [-0.2, -0.15) is 13.2 Å². The van der Waals surface area contributed by atoms with Crippen molar-refractivity contribution in [2.75, 3.05) is 33.7 Å². The van der Waals surface area contributed by atoms with Gasteiger partial charge < -0.3 is 10.2 Å². The van der Waals surface area contributed by atoms with Crippen LogP contribution in [0.1, 0.15) is 19.8 Å². The first-order chi connectivity index (χ1) is 6.85. The molecule has 0 aromatic carbocycles. The predicted molar refractivity (Wildman–Crippen MR) is 55.9 cm³/mol. The molecule has 0 radical (unpaired) electrons. The highest BCUT2D eigenvalue weighted by atomic mass is 19.4. The van der Waals surface area contributed by atoms with Crippen molar-refractivity contribution in [1.29, 1.82) is 0 Å². The maximum atomic E-state index is 11.9. The van der Waals surface area contributed by atoms with Crippen molar-refractivity contribution in [2.24, 2.45) is 5.92 Å². The van der Waals surface area contributed by atoms with Crippen molar-refractivity contribution in [3.63, 3.8) is 0 Å². The van der Waals surface area contributed by atoms with Crippen LogP contribution in [0.5, 0.6) is 0 Å². The SMILES string of the molecule is CNCC(C)CN(C)CCCC(F)(F)F. The van der Waals surface area contributed by atoms with Crippen molar-refractivity contribution in [3.05, 3.63) is 0 Å². The number of nitrogens with one attached hydrogen (secondary N) is 1. The van der Waals surface area contributed by atoms with E-state index in [2.05, 4.69) is 12.2 Å². The van der Waals surface area contributed by atoms with E-state index in [1.165, 1.54) is 0 Å². The molecule has 0 aromatic rings. The largest absolute Gasteiger partial charge is 0.389 e. The third kappa shape index (κ3) is 10.0. The normalized spacial score (nSPS) is 14.6. The van der Waals surface area contributed by atoms with E-state index in [9.17, 15) is 13.2 Å². The molecule has 92 valence electrons. The molecule has 0 aliphatic heterocycles. The topological polar surface area (TPSA) is 15.3 Å². The summed E-state index contributed by atoms with van der Waals surface area (Å²) in [6.07, 6.45) is -4.51. The predicted octanol–water partition coefficient (Wildman–Crippen LogP) is 2.12. The van der Waals surface area contributed by atoms with Crippen LogP contribution in [0.3, 0.4) is 0 Å². The van der Waals surface area contributed by atoms with Crippen molar-refractivity contribution in [2.45, 2.75) is 25.9 Å². The van der Waals surface area contributed by atoms with E-state index < -0.39 is 12.6 Å². The van der Waals surface area contributed by atoms with Gasteiger partial charge in [0.15, 0.2) is 0 Å². The molecular weight excluding hydrogens is 205 g/mol. The molecule has 0 aliphatic carbocycles. The van der Waals surface area contributed by atoms with E-state index in [-0.39, 0.29) is 6.42 Å². The summed E-state index contributed by atoms with van der Waals surface area (Å²) in [6, 6.07) is 0. The third-order valence-corrected chi connectivity index (χ3v) is 2.18. The molecule has 0 heterocycles. The molecule has 2 nitrogen and oxygen atoms in total. The summed E-state index contributed by atoms with van der Waals surface area (Å²) in [5, 5.41) is 3.05. The zero-order chi connectivity index (χ0) is 11.9. The third-order valence-electron chi connectivity index (χ3n) is 2.18. The number of hydrogen-bond donors (Lipinski definition) is 1. The maximum absolute atomic E-state index is 11.9. The van der Waals surface area contributed by atoms with Gasteiger partial charge in [-0.1, -0.05) is 6.92 Å². The molecule has 15 heavy (non-hydrogen) atoms. The molecule has 0 fully saturated rings. The summed E-state index contributed by atoms with van der Waals surface area (Å²) in [6.45, 7) is 4.31. The fourth-order valence-corrected chi connectivity index (χ4v) is 1.59. The van der Waals surface area contributed by atoms with Crippen molar-refractivity contribution in [1.82, 2.24) is 10.2 Å². The summed E-state index contributed by atoms with van der Waals surface area (Å²) < 4.78 is 35.6. The van der Waals surface area contributed by atoms with Gasteiger partial charge in [0.1, 0.15) is 0 Å². The molecule has 0 amide bonds. The number of nitrogens with zero attached hydrogens (tertiary/aromatic N) is 1. The van der Waals surface area contributed by atoms with Crippen LogP contribution in [0.15, 0.2) is 0 Å². The monoisotopic (exact) mass is 226 g/mol. The average molecular weight is 226 g/mol. The highest BCUT2D eigenvalue weighted by Gasteiger charge is 2.26. The standard InChI is InChI=1S/C10H21F3N2/c1-9(7-14-2)8-15(3)6-4-5-10(11,12)13/h9,14H,4-8H2,1-3H3. The molecule has 0 bridgehead atoms. The lowest BCUT2D eigenvalue weighted by Gasteiger charge is -2.21. The Morgan fingerprint density at radius 1 is 1.33 bits per heavy atom. The Labute approximate surface area is 89.8 Å². The number of halogens is 3. The van der Waals surface area contributed by atoms with E-state index in [0.717, 1.165) is 13.1 Å². The van der Waals surface area contributed by atoms with Crippen LogP contribution in [0.25, 0.3) is 0 Å². The van der Waals surface area contributed by atoms with Crippen molar-refractivity contribution >= 4 is 0 Å². The van der Waals surface area contributed by atoms with Crippen LogP contribution in [-0.4, -0.2) is 44.8 Å². The Kier molecular flexibility index (Phi) is 6.92. The summed E-state index contributed by atoms with van der Waals surface area (Å²) in [5.41, 5.74) is 0. The highest BCUT2D eigenvalue weighted by Crippen LogP contribution is 2.21. The Balaban J connectivity index is 3.53. The molecule has 1 unspecified atom stereocenters. The van der Waals surface area contributed by atoms with Gasteiger partial charge in [0.25, 0.3) is 0 Å². The lowest BCUT2D eigenvalue weighted by molar-refractivity contribution is -0.136. The Morgan fingerprint density at radius 2 is 1.93 bits per heavy atom. The van der Waals surface area contributed by atoms with Crippen molar-refractivity contribution in [3.8, 4) is 0 Å². The minimum Gasteiger partial charge on any atom is -0.319 e. The maximum Gasteiger partial charge on any atom is 0.389 e. The minimum atomic E-state index is -4.02. The second kappa shape index (κ2) is 7.06. The molecule has 0 aliphatic rings. The van der Waals surface area contributed by atoms with Gasteiger partial charge in [-0.05, 0) is 39.5 Å². The molecule has 1 N–H and O–H groups in total. The summed E-state index contributed by atoms with van der Waals surface area (Å²) in [5.74, 6) is 0.464. The zero-order valence-corrected chi connectivity index (χ0v) is 9.69. The molecule has 0 spiro atoms. The molecule has 5 heteroatoms. The van der Waals surface area contributed by atoms with Gasteiger partial charge in [-0.25, -0.2) is 0 Å². The number of rotatable bonds is 7. The van der Waals surface area contributed by atoms with Gasteiger partial charge in [0, 0.05) is 13.0 Å². The van der Waals surface area contributed by atoms with Gasteiger partial charge in [0.2, 0.25) is 0 Å². The second-order valence-electron chi connectivity index (χ2n) is 4.14. The number of alkyl halides is 3. The quantitative estimate of drug-likeness (QED) is 0.715. The van der Waals surface area contributed by atoms with Crippen molar-refractivity contribution < 1.29 is 13.2 Å². The van der Waals surface area contributed by atoms with Crippen LogP contribution >= 0.6 is 0 Å². The fourth-order valence-electron chi connectivity index (χ4n) is 1.59. The smallest absolute Gasteiger partial charge is 0.319 e. The van der Waals surface area contributed by atoms with Crippen LogP contribution in [0.4, 0.5) is 13.2 Å². The molecule has 0 saturated heterocycles. The lowest BCUT2D eigenvalue weighted by Crippen LogP contribution is -2.30. The Hall–Kier alpha value is -0.290. The minimum absolute atomic E-state index is 0.187. The number of hydrogen-bond acceptors (Lipinski definition) is 2. The van der Waals surface area contributed by atoms with E-state index in [1.807, 2.05) is 19.0 Å². The molecule has 0 aromatic heterocycles. The first-order valence-corrected chi connectivity index (χ1v) is 5.25. The van der Waals surface area contributed by atoms with Gasteiger partial charge in [0.05, 0.1) is 0 Å². The first kappa shape index (κ1) is 14.7. The summed E-state index contributed by atoms with van der Waals surface area (Å²) in [7, 11) is 3.74. The van der Waals surface area contributed by atoms with Crippen LogP contribution in [0, 0.1) is 5.92 Å². The van der Waals surface area contributed by atoms with E-state index in [4.69, 9.17) is 0 Å².